The van der Waals surface area contributed by atoms with E-state index in [1.165, 1.54) is 0 Å². The molecule has 0 atom stereocenters. The number of ketones is 1. The first-order valence-corrected chi connectivity index (χ1v) is 4.80. The third kappa shape index (κ3) is 2.01. The fraction of sp³-hybridized carbons (Fsp3) is 0.333. The van der Waals surface area contributed by atoms with Crippen LogP contribution in [0.2, 0.25) is 10.3 Å². The number of Topliss-reactive ketones (excluding diaryl/α,β-unsaturated/α-hetero) is 1. The summed E-state index contributed by atoms with van der Waals surface area (Å²) in [6.07, 6.45) is 1.97. The number of nitrogens with zero attached hydrogens (tertiary/aromatic N) is 1. The maximum absolute atomic E-state index is 11.6. The van der Waals surface area contributed by atoms with Gasteiger partial charge in [0.2, 0.25) is 0 Å². The third-order valence-electron chi connectivity index (χ3n) is 2.00. The third-order valence-corrected chi connectivity index (χ3v) is 2.38. The van der Waals surface area contributed by atoms with Crippen LogP contribution in [0, 0.1) is 5.92 Å². The summed E-state index contributed by atoms with van der Waals surface area (Å²) in [7, 11) is 0. The van der Waals surface area contributed by atoms with Crippen molar-refractivity contribution >= 4 is 29.0 Å². The van der Waals surface area contributed by atoms with Crippen molar-refractivity contribution in [1.82, 2.24) is 4.98 Å². The van der Waals surface area contributed by atoms with Gasteiger partial charge in [-0.1, -0.05) is 23.2 Å². The van der Waals surface area contributed by atoms with Crippen LogP contribution in [0.5, 0.6) is 0 Å². The summed E-state index contributed by atoms with van der Waals surface area (Å²) in [5, 5.41) is 0.549. The molecule has 0 amide bonds. The summed E-state index contributed by atoms with van der Waals surface area (Å²) in [4.78, 5) is 15.3. The lowest BCUT2D eigenvalue weighted by atomic mass is 10.1. The van der Waals surface area contributed by atoms with E-state index in [-0.39, 0.29) is 22.0 Å². The van der Waals surface area contributed by atoms with Crippen LogP contribution in [0.25, 0.3) is 0 Å². The molecule has 68 valence electrons. The number of carbonyl (C=O) groups excluding carboxylic acids is 1. The lowest BCUT2D eigenvalue weighted by Gasteiger charge is -1.99. The molecule has 0 aliphatic heterocycles. The van der Waals surface area contributed by atoms with E-state index in [0.29, 0.717) is 5.56 Å². The molecule has 0 spiro atoms. The molecule has 0 radical (unpaired) electrons. The zero-order chi connectivity index (χ0) is 9.42. The minimum absolute atomic E-state index is 0.131. The van der Waals surface area contributed by atoms with E-state index >= 15 is 0 Å². The number of aromatic nitrogens is 1. The Balaban J connectivity index is 2.33. The van der Waals surface area contributed by atoms with Gasteiger partial charge in [0.05, 0.1) is 0 Å². The molecule has 0 aromatic carbocycles. The van der Waals surface area contributed by atoms with Crippen LogP contribution in [-0.2, 0) is 0 Å². The predicted octanol–water partition coefficient (Wildman–Crippen LogP) is 2.98. The van der Waals surface area contributed by atoms with Crippen molar-refractivity contribution < 1.29 is 4.79 Å². The van der Waals surface area contributed by atoms with Gasteiger partial charge in [-0.2, -0.15) is 0 Å². The summed E-state index contributed by atoms with van der Waals surface area (Å²) in [5.74, 6) is 0.320. The van der Waals surface area contributed by atoms with E-state index in [4.69, 9.17) is 23.2 Å². The molecular formula is C9H7Cl2NO. The standard InChI is InChI=1S/C9H7Cl2NO/c10-7-3-6(4-8(11)12-7)9(13)5-1-2-5/h3-5H,1-2H2. The Bertz CT molecular complexity index is 340. The Kier molecular flexibility index (Phi) is 2.26. The average molecular weight is 216 g/mol. The topological polar surface area (TPSA) is 30.0 Å². The minimum Gasteiger partial charge on any atom is -0.294 e. The van der Waals surface area contributed by atoms with Crippen LogP contribution < -0.4 is 0 Å². The molecule has 1 aliphatic rings. The molecule has 4 heteroatoms. The molecule has 1 aromatic rings. The summed E-state index contributed by atoms with van der Waals surface area (Å²) >= 11 is 11.3. The van der Waals surface area contributed by atoms with E-state index in [1.807, 2.05) is 0 Å². The molecule has 1 saturated carbocycles. The summed E-state index contributed by atoms with van der Waals surface area (Å²) < 4.78 is 0. The monoisotopic (exact) mass is 215 g/mol. The minimum atomic E-state index is 0.131. The SMILES string of the molecule is O=C(c1cc(Cl)nc(Cl)c1)C1CC1. The lowest BCUT2D eigenvalue weighted by molar-refractivity contribution is 0.0967. The van der Waals surface area contributed by atoms with Gasteiger partial charge in [0, 0.05) is 11.5 Å². The molecule has 0 saturated heterocycles. The van der Waals surface area contributed by atoms with Crippen molar-refractivity contribution in [2.45, 2.75) is 12.8 Å². The fourth-order valence-electron chi connectivity index (χ4n) is 1.19. The van der Waals surface area contributed by atoms with E-state index in [9.17, 15) is 4.79 Å². The maximum atomic E-state index is 11.6. The second-order valence-corrected chi connectivity index (χ2v) is 3.91. The van der Waals surface area contributed by atoms with E-state index in [0.717, 1.165) is 12.8 Å². The fourth-order valence-corrected chi connectivity index (χ4v) is 1.65. The van der Waals surface area contributed by atoms with Crippen LogP contribution in [0.4, 0.5) is 0 Å². The van der Waals surface area contributed by atoms with Gasteiger partial charge in [-0.05, 0) is 25.0 Å². The number of hydrogen-bond acceptors (Lipinski definition) is 2. The molecule has 1 aromatic heterocycles. The van der Waals surface area contributed by atoms with Gasteiger partial charge in [-0.25, -0.2) is 4.98 Å². The van der Waals surface area contributed by atoms with Crippen molar-refractivity contribution in [2.24, 2.45) is 5.92 Å². The Hall–Kier alpha value is -0.600. The summed E-state index contributed by atoms with van der Waals surface area (Å²) in [5.41, 5.74) is 0.576. The Morgan fingerprint density at radius 1 is 1.31 bits per heavy atom. The molecule has 1 fully saturated rings. The molecule has 0 bridgehead atoms. The number of rotatable bonds is 2. The quantitative estimate of drug-likeness (QED) is 0.561. The summed E-state index contributed by atoms with van der Waals surface area (Å²) in [6.45, 7) is 0. The average Bonchev–Trinajstić information content (AvgIpc) is 2.83. The van der Waals surface area contributed by atoms with Crippen LogP contribution in [0.15, 0.2) is 12.1 Å². The van der Waals surface area contributed by atoms with Gasteiger partial charge < -0.3 is 0 Å². The van der Waals surface area contributed by atoms with Crippen molar-refractivity contribution in [2.75, 3.05) is 0 Å². The highest BCUT2D eigenvalue weighted by Crippen LogP contribution is 2.33. The Morgan fingerprint density at radius 3 is 2.31 bits per heavy atom. The Labute approximate surface area is 85.9 Å². The summed E-state index contributed by atoms with van der Waals surface area (Å²) in [6, 6.07) is 3.13. The molecule has 1 aliphatic carbocycles. The van der Waals surface area contributed by atoms with Gasteiger partial charge in [0.1, 0.15) is 10.3 Å². The first-order chi connectivity index (χ1) is 6.16. The van der Waals surface area contributed by atoms with E-state index in [1.54, 1.807) is 12.1 Å². The smallest absolute Gasteiger partial charge is 0.166 e. The first-order valence-electron chi connectivity index (χ1n) is 4.04. The molecule has 13 heavy (non-hydrogen) atoms. The number of pyridine rings is 1. The van der Waals surface area contributed by atoms with Crippen LogP contribution in [0.1, 0.15) is 23.2 Å². The molecule has 2 nitrogen and oxygen atoms in total. The number of carbonyl (C=O) groups is 1. The van der Waals surface area contributed by atoms with Crippen LogP contribution in [-0.4, -0.2) is 10.8 Å². The number of halogens is 2. The Morgan fingerprint density at radius 2 is 1.85 bits per heavy atom. The lowest BCUT2D eigenvalue weighted by Crippen LogP contribution is -2.01. The van der Waals surface area contributed by atoms with Crippen molar-refractivity contribution in [1.29, 1.82) is 0 Å². The van der Waals surface area contributed by atoms with Crippen LogP contribution in [0.3, 0.4) is 0 Å². The van der Waals surface area contributed by atoms with Crippen molar-refractivity contribution in [3.8, 4) is 0 Å². The van der Waals surface area contributed by atoms with E-state index < -0.39 is 0 Å². The van der Waals surface area contributed by atoms with Gasteiger partial charge in [-0.3, -0.25) is 4.79 Å². The highest BCUT2D eigenvalue weighted by molar-refractivity contribution is 6.33. The van der Waals surface area contributed by atoms with Gasteiger partial charge in [0.15, 0.2) is 5.78 Å². The van der Waals surface area contributed by atoms with Crippen LogP contribution >= 0.6 is 23.2 Å². The molecule has 1 heterocycles. The highest BCUT2D eigenvalue weighted by atomic mass is 35.5. The van der Waals surface area contributed by atoms with Gasteiger partial charge in [-0.15, -0.1) is 0 Å². The largest absolute Gasteiger partial charge is 0.294 e. The van der Waals surface area contributed by atoms with Gasteiger partial charge in [0.25, 0.3) is 0 Å². The molecule has 0 N–H and O–H groups in total. The number of hydrogen-bond donors (Lipinski definition) is 0. The zero-order valence-corrected chi connectivity index (χ0v) is 8.27. The molecule has 0 unspecified atom stereocenters. The molecular weight excluding hydrogens is 209 g/mol. The maximum Gasteiger partial charge on any atom is 0.166 e. The van der Waals surface area contributed by atoms with Crippen molar-refractivity contribution in [3.05, 3.63) is 28.0 Å². The predicted molar refractivity (Wildman–Crippen MR) is 51.3 cm³/mol. The first kappa shape index (κ1) is 8.97. The normalized spacial score (nSPS) is 15.8. The second kappa shape index (κ2) is 3.28. The molecule has 2 rings (SSSR count). The van der Waals surface area contributed by atoms with E-state index in [2.05, 4.69) is 4.98 Å². The zero-order valence-electron chi connectivity index (χ0n) is 6.76. The van der Waals surface area contributed by atoms with Crippen molar-refractivity contribution in [3.63, 3.8) is 0 Å². The second-order valence-electron chi connectivity index (χ2n) is 3.14. The highest BCUT2D eigenvalue weighted by Gasteiger charge is 2.30. The van der Waals surface area contributed by atoms with Gasteiger partial charge >= 0.3 is 0 Å².